The number of nitrogens with one attached hydrogen (secondary N) is 1. The van der Waals surface area contributed by atoms with Crippen LogP contribution < -0.4 is 5.32 Å². The zero-order valence-electron chi connectivity index (χ0n) is 12.9. The fourth-order valence-corrected chi connectivity index (χ4v) is 3.34. The fourth-order valence-electron chi connectivity index (χ4n) is 3.34. The van der Waals surface area contributed by atoms with Crippen LogP contribution in [0.25, 0.3) is 0 Å². The van der Waals surface area contributed by atoms with E-state index in [2.05, 4.69) is 31.0 Å². The molecule has 0 aromatic carbocycles. The summed E-state index contributed by atoms with van der Waals surface area (Å²) in [5.74, 6) is 0.933. The summed E-state index contributed by atoms with van der Waals surface area (Å²) < 4.78 is 0. The largest absolute Gasteiger partial charge is 0.314 e. The van der Waals surface area contributed by atoms with Gasteiger partial charge >= 0.3 is 0 Å². The van der Waals surface area contributed by atoms with Gasteiger partial charge in [0.15, 0.2) is 0 Å². The predicted molar refractivity (Wildman–Crippen MR) is 81.1 cm³/mol. The van der Waals surface area contributed by atoms with E-state index < -0.39 is 0 Å². The van der Waals surface area contributed by atoms with E-state index >= 15 is 0 Å². The van der Waals surface area contributed by atoms with Crippen LogP contribution in [0, 0.1) is 5.92 Å². The molecule has 0 amide bonds. The topological polar surface area (TPSA) is 15.3 Å². The lowest BCUT2D eigenvalue weighted by molar-refractivity contribution is 0.243. The van der Waals surface area contributed by atoms with Crippen molar-refractivity contribution in [2.75, 3.05) is 26.2 Å². The highest BCUT2D eigenvalue weighted by molar-refractivity contribution is 4.79. The van der Waals surface area contributed by atoms with E-state index in [1.807, 2.05) is 0 Å². The van der Waals surface area contributed by atoms with E-state index in [9.17, 15) is 0 Å². The van der Waals surface area contributed by atoms with Gasteiger partial charge in [-0.1, -0.05) is 46.5 Å². The third kappa shape index (κ3) is 5.71. The van der Waals surface area contributed by atoms with Gasteiger partial charge < -0.3 is 10.2 Å². The third-order valence-corrected chi connectivity index (χ3v) is 4.59. The Kier molecular flexibility index (Phi) is 8.70. The van der Waals surface area contributed by atoms with Crippen molar-refractivity contribution in [1.82, 2.24) is 10.2 Å². The molecule has 2 nitrogen and oxygen atoms in total. The average molecular weight is 254 g/mol. The first kappa shape index (κ1) is 16.0. The summed E-state index contributed by atoms with van der Waals surface area (Å²) >= 11 is 0. The van der Waals surface area contributed by atoms with Gasteiger partial charge in [0, 0.05) is 6.04 Å². The van der Waals surface area contributed by atoms with Crippen molar-refractivity contribution in [3.63, 3.8) is 0 Å². The Bertz CT molecular complexity index is 182. The fraction of sp³-hybridized carbons (Fsp3) is 1.00. The van der Waals surface area contributed by atoms with E-state index in [1.54, 1.807) is 0 Å². The van der Waals surface area contributed by atoms with Crippen molar-refractivity contribution >= 4 is 0 Å². The molecule has 1 fully saturated rings. The predicted octanol–water partition coefficient (Wildman–Crippen LogP) is 3.67. The molecule has 0 bridgehead atoms. The summed E-state index contributed by atoms with van der Waals surface area (Å²) in [7, 11) is 0. The van der Waals surface area contributed by atoms with Gasteiger partial charge in [0.25, 0.3) is 0 Å². The highest BCUT2D eigenvalue weighted by Gasteiger charge is 2.22. The number of rotatable bonds is 8. The summed E-state index contributed by atoms with van der Waals surface area (Å²) in [6.07, 6.45) is 10.1. The van der Waals surface area contributed by atoms with E-state index in [-0.39, 0.29) is 0 Å². The quantitative estimate of drug-likeness (QED) is 0.665. The molecule has 0 aromatic heterocycles. The van der Waals surface area contributed by atoms with Crippen LogP contribution in [0.4, 0.5) is 0 Å². The molecule has 0 aromatic rings. The zero-order chi connectivity index (χ0) is 13.2. The van der Waals surface area contributed by atoms with Gasteiger partial charge in [-0.2, -0.15) is 0 Å². The van der Waals surface area contributed by atoms with Crippen LogP contribution >= 0.6 is 0 Å². The minimum atomic E-state index is 0.758. The molecule has 0 heterocycles. The second-order valence-corrected chi connectivity index (χ2v) is 5.73. The van der Waals surface area contributed by atoms with Crippen molar-refractivity contribution in [3.05, 3.63) is 0 Å². The van der Waals surface area contributed by atoms with Gasteiger partial charge in [0.2, 0.25) is 0 Å². The summed E-state index contributed by atoms with van der Waals surface area (Å²) in [5, 5.41) is 3.76. The summed E-state index contributed by atoms with van der Waals surface area (Å²) in [5.41, 5.74) is 0. The van der Waals surface area contributed by atoms with Crippen LogP contribution in [-0.4, -0.2) is 37.1 Å². The Morgan fingerprint density at radius 2 is 1.61 bits per heavy atom. The molecule has 2 heteroatoms. The minimum absolute atomic E-state index is 0.758. The molecule has 0 aliphatic heterocycles. The first-order valence-corrected chi connectivity index (χ1v) is 8.27. The van der Waals surface area contributed by atoms with Crippen LogP contribution in [0.1, 0.15) is 65.7 Å². The molecule has 1 unspecified atom stereocenters. The molecule has 1 atom stereocenters. The lowest BCUT2D eigenvalue weighted by atomic mass is 9.89. The highest BCUT2D eigenvalue weighted by Crippen LogP contribution is 2.27. The van der Waals surface area contributed by atoms with E-state index in [4.69, 9.17) is 0 Å². The normalized spacial score (nSPS) is 20.0. The number of nitrogens with zero attached hydrogens (tertiary/aromatic N) is 1. The van der Waals surface area contributed by atoms with Gasteiger partial charge in [-0.3, -0.25) is 0 Å². The lowest BCUT2D eigenvalue weighted by Gasteiger charge is -2.29. The van der Waals surface area contributed by atoms with Crippen molar-refractivity contribution in [2.24, 2.45) is 5.92 Å². The van der Waals surface area contributed by atoms with Gasteiger partial charge in [0.05, 0.1) is 0 Å². The summed E-state index contributed by atoms with van der Waals surface area (Å²) in [6.45, 7) is 11.6. The molecule has 1 rings (SSSR count). The minimum Gasteiger partial charge on any atom is -0.314 e. The van der Waals surface area contributed by atoms with E-state index in [0.29, 0.717) is 0 Å². The van der Waals surface area contributed by atoms with Crippen LogP contribution in [0.3, 0.4) is 0 Å². The van der Waals surface area contributed by atoms with E-state index in [1.165, 1.54) is 64.6 Å². The number of hydrogen-bond donors (Lipinski definition) is 1. The van der Waals surface area contributed by atoms with Crippen LogP contribution in [0.5, 0.6) is 0 Å². The Hall–Kier alpha value is -0.0800. The molecule has 0 spiro atoms. The monoisotopic (exact) mass is 254 g/mol. The Balaban J connectivity index is 2.41. The first-order valence-electron chi connectivity index (χ1n) is 8.27. The van der Waals surface area contributed by atoms with Gasteiger partial charge in [0.1, 0.15) is 0 Å². The van der Waals surface area contributed by atoms with Crippen molar-refractivity contribution in [3.8, 4) is 0 Å². The molecule has 1 aliphatic rings. The maximum absolute atomic E-state index is 3.76. The van der Waals surface area contributed by atoms with Crippen LogP contribution in [0.15, 0.2) is 0 Å². The highest BCUT2D eigenvalue weighted by atomic mass is 15.1. The Morgan fingerprint density at radius 1 is 1.00 bits per heavy atom. The third-order valence-electron chi connectivity index (χ3n) is 4.59. The summed E-state index contributed by atoms with van der Waals surface area (Å²) in [4.78, 5) is 2.56. The second kappa shape index (κ2) is 9.80. The lowest BCUT2D eigenvalue weighted by Crippen LogP contribution is -2.39. The molecule has 108 valence electrons. The maximum Gasteiger partial charge on any atom is 0.0107 e. The smallest absolute Gasteiger partial charge is 0.0107 e. The van der Waals surface area contributed by atoms with Gasteiger partial charge in [-0.25, -0.2) is 0 Å². The average Bonchev–Trinajstić information content (AvgIpc) is 2.67. The summed E-state index contributed by atoms with van der Waals surface area (Å²) in [6, 6.07) is 0.758. The standard InChI is InChI=1S/C16H34N2/c1-4-17-16(13-14-18(5-2)6-3)15-11-9-7-8-10-12-15/h15-17H,4-14H2,1-3H3. The molecule has 1 aliphatic carbocycles. The molecule has 0 saturated heterocycles. The Labute approximate surface area is 115 Å². The van der Waals surface area contributed by atoms with E-state index in [0.717, 1.165) is 18.5 Å². The van der Waals surface area contributed by atoms with Crippen LogP contribution in [0.2, 0.25) is 0 Å². The van der Waals surface area contributed by atoms with Crippen molar-refractivity contribution in [1.29, 1.82) is 0 Å². The molecular formula is C16H34N2. The van der Waals surface area contributed by atoms with Crippen LogP contribution in [-0.2, 0) is 0 Å². The van der Waals surface area contributed by atoms with Gasteiger partial charge in [-0.15, -0.1) is 0 Å². The first-order chi connectivity index (χ1) is 8.81. The zero-order valence-corrected chi connectivity index (χ0v) is 12.9. The van der Waals surface area contributed by atoms with Gasteiger partial charge in [-0.05, 0) is 51.4 Å². The molecule has 1 saturated carbocycles. The molecular weight excluding hydrogens is 220 g/mol. The van der Waals surface area contributed by atoms with Crippen molar-refractivity contribution in [2.45, 2.75) is 71.8 Å². The second-order valence-electron chi connectivity index (χ2n) is 5.73. The molecule has 18 heavy (non-hydrogen) atoms. The number of hydrogen-bond acceptors (Lipinski definition) is 2. The molecule has 0 radical (unpaired) electrons. The Morgan fingerprint density at radius 3 is 2.11 bits per heavy atom. The maximum atomic E-state index is 3.76. The molecule has 1 N–H and O–H groups in total. The van der Waals surface area contributed by atoms with Crippen molar-refractivity contribution < 1.29 is 0 Å². The SMILES string of the molecule is CCNC(CCN(CC)CC)C1CCCCCC1.